The number of rotatable bonds is 6. The summed E-state index contributed by atoms with van der Waals surface area (Å²) >= 11 is 0. The smallest absolute Gasteiger partial charge is 0.0547 e. The molecule has 0 saturated heterocycles. The van der Waals surface area contributed by atoms with E-state index in [1.807, 2.05) is 0 Å². The first-order chi connectivity index (χ1) is 31.7. The second kappa shape index (κ2) is 15.0. The maximum absolute atomic E-state index is 2.57. The fourth-order valence-electron chi connectivity index (χ4n) is 11.1. The van der Waals surface area contributed by atoms with Crippen molar-refractivity contribution in [3.63, 3.8) is 0 Å². The number of fused-ring (bicyclic) bond motifs is 9. The molecule has 2 heterocycles. The second-order valence-corrected chi connectivity index (χ2v) is 17.9. The molecule has 2 aromatic heterocycles. The topological polar surface area (TPSA) is 9.86 Å². The van der Waals surface area contributed by atoms with Gasteiger partial charge in [0, 0.05) is 44.7 Å². The van der Waals surface area contributed by atoms with Gasteiger partial charge in [0.15, 0.2) is 0 Å². The molecule has 304 valence electrons. The predicted molar refractivity (Wildman–Crippen MR) is 270 cm³/mol. The highest BCUT2D eigenvalue weighted by Gasteiger charge is 2.27. The highest BCUT2D eigenvalue weighted by molar-refractivity contribution is 6.12. The average molecular weight is 819 g/mol. The number of hydrogen-bond acceptors (Lipinski definition) is 0. The van der Waals surface area contributed by atoms with Crippen LogP contribution in [0.15, 0.2) is 206 Å². The van der Waals surface area contributed by atoms with Crippen LogP contribution < -0.4 is 0 Å². The third-order valence-electron chi connectivity index (χ3n) is 14.2. The van der Waals surface area contributed by atoms with Crippen LogP contribution >= 0.6 is 0 Å². The van der Waals surface area contributed by atoms with Crippen LogP contribution in [0, 0.1) is 0 Å². The Bertz CT molecular complexity index is 3560. The maximum atomic E-state index is 2.57. The normalized spacial score (nSPS) is 15.3. The molecule has 2 nitrogen and oxygen atoms in total. The molecule has 1 unspecified atom stereocenters. The molecular weight excluding hydrogens is 773 g/mol. The summed E-state index contributed by atoms with van der Waals surface area (Å²) in [5, 5.41) is 3.96. The van der Waals surface area contributed by atoms with E-state index < -0.39 is 0 Å². The van der Waals surface area contributed by atoms with Gasteiger partial charge in [-0.3, -0.25) is 0 Å². The molecule has 13 rings (SSSR count). The third kappa shape index (κ3) is 6.08. The van der Waals surface area contributed by atoms with Crippen LogP contribution in [0.2, 0.25) is 0 Å². The van der Waals surface area contributed by atoms with Crippen LogP contribution in [0.4, 0.5) is 0 Å². The van der Waals surface area contributed by atoms with Gasteiger partial charge in [0.1, 0.15) is 0 Å². The third-order valence-corrected chi connectivity index (χ3v) is 14.2. The van der Waals surface area contributed by atoms with Crippen molar-refractivity contribution in [3.05, 3.63) is 240 Å². The van der Waals surface area contributed by atoms with Crippen molar-refractivity contribution in [2.45, 2.75) is 38.0 Å². The Morgan fingerprint density at radius 2 is 1.02 bits per heavy atom. The van der Waals surface area contributed by atoms with E-state index in [0.717, 1.165) is 32.1 Å². The molecule has 3 aliphatic rings. The van der Waals surface area contributed by atoms with Crippen molar-refractivity contribution in [1.29, 1.82) is 0 Å². The highest BCUT2D eigenvalue weighted by Crippen LogP contribution is 2.46. The summed E-state index contributed by atoms with van der Waals surface area (Å²) in [6.07, 6.45) is 16.6. The van der Waals surface area contributed by atoms with E-state index in [1.54, 1.807) is 0 Å². The van der Waals surface area contributed by atoms with E-state index in [2.05, 4.69) is 222 Å². The molecule has 0 aliphatic heterocycles. The molecule has 3 aliphatic carbocycles. The summed E-state index contributed by atoms with van der Waals surface area (Å²) < 4.78 is 5.05. The Morgan fingerprint density at radius 1 is 0.406 bits per heavy atom. The lowest BCUT2D eigenvalue weighted by Crippen LogP contribution is -2.06. The van der Waals surface area contributed by atoms with Crippen molar-refractivity contribution >= 4 is 44.4 Å². The summed E-state index contributed by atoms with van der Waals surface area (Å²) in [5.41, 5.74) is 23.7. The minimum absolute atomic E-state index is 0.440. The molecule has 10 aromatic rings. The second-order valence-electron chi connectivity index (χ2n) is 17.9. The van der Waals surface area contributed by atoms with Crippen molar-refractivity contribution in [2.24, 2.45) is 0 Å². The summed E-state index contributed by atoms with van der Waals surface area (Å²) in [6.45, 7) is 0. The van der Waals surface area contributed by atoms with Crippen LogP contribution in [0.1, 0.15) is 52.3 Å². The van der Waals surface area contributed by atoms with Gasteiger partial charge in [-0.05, 0) is 166 Å². The van der Waals surface area contributed by atoms with Gasteiger partial charge in [-0.25, -0.2) is 0 Å². The van der Waals surface area contributed by atoms with Gasteiger partial charge in [0.25, 0.3) is 0 Å². The quantitative estimate of drug-likeness (QED) is 0.158. The molecule has 64 heavy (non-hydrogen) atoms. The number of hydrogen-bond donors (Lipinski definition) is 0. The van der Waals surface area contributed by atoms with Gasteiger partial charge in [-0.1, -0.05) is 140 Å². The molecule has 0 spiro atoms. The maximum Gasteiger partial charge on any atom is 0.0547 e. The molecule has 2 heteroatoms. The number of benzene rings is 8. The SMILES string of the molecule is C1=CCC(c2cccc(C3=Cc4c(n(-c5ccccc5)c5cc6c(cc45)CCc4cc5c7cc(-c8cccc(-c9ccccc9)c8)ccc7n(-c7ccccc7)c5cc4-6)CC3)c2)C=C1. The molecule has 0 bridgehead atoms. The Kier molecular flexibility index (Phi) is 8.65. The number of para-hydroxylation sites is 2. The first kappa shape index (κ1) is 36.9. The molecule has 0 amide bonds. The molecule has 1 atom stereocenters. The lowest BCUT2D eigenvalue weighted by Gasteiger charge is -2.22. The zero-order chi connectivity index (χ0) is 42.1. The van der Waals surface area contributed by atoms with E-state index in [-0.39, 0.29) is 0 Å². The largest absolute Gasteiger partial charge is 0.313 e. The van der Waals surface area contributed by atoms with Gasteiger partial charge >= 0.3 is 0 Å². The Morgan fingerprint density at radius 3 is 1.75 bits per heavy atom. The zero-order valence-corrected chi connectivity index (χ0v) is 35.7. The summed E-state index contributed by atoms with van der Waals surface area (Å²) in [5.74, 6) is 0.440. The van der Waals surface area contributed by atoms with E-state index in [9.17, 15) is 0 Å². The lowest BCUT2D eigenvalue weighted by atomic mass is 9.83. The van der Waals surface area contributed by atoms with Crippen LogP contribution in [-0.4, -0.2) is 9.13 Å². The summed E-state index contributed by atoms with van der Waals surface area (Å²) in [7, 11) is 0. The van der Waals surface area contributed by atoms with E-state index in [1.165, 1.54) is 117 Å². The van der Waals surface area contributed by atoms with Gasteiger partial charge in [-0.15, -0.1) is 0 Å². The Labute approximate surface area is 374 Å². The fraction of sp³-hybridized carbons (Fsp3) is 0.0968. The van der Waals surface area contributed by atoms with Crippen LogP contribution in [0.5, 0.6) is 0 Å². The van der Waals surface area contributed by atoms with E-state index in [0.29, 0.717) is 5.92 Å². The van der Waals surface area contributed by atoms with Crippen molar-refractivity contribution in [3.8, 4) is 44.8 Å². The molecule has 8 aromatic carbocycles. The lowest BCUT2D eigenvalue weighted by molar-refractivity contribution is 0.852. The zero-order valence-electron chi connectivity index (χ0n) is 35.7. The minimum atomic E-state index is 0.440. The van der Waals surface area contributed by atoms with Gasteiger partial charge in [0.2, 0.25) is 0 Å². The van der Waals surface area contributed by atoms with Crippen LogP contribution in [0.25, 0.3) is 89.1 Å². The number of aryl methyl sites for hydroxylation is 2. The van der Waals surface area contributed by atoms with Gasteiger partial charge in [-0.2, -0.15) is 0 Å². The first-order valence-electron chi connectivity index (χ1n) is 22.9. The number of aromatic nitrogens is 2. The van der Waals surface area contributed by atoms with E-state index in [4.69, 9.17) is 0 Å². The van der Waals surface area contributed by atoms with Crippen LogP contribution in [0.3, 0.4) is 0 Å². The fourth-order valence-corrected chi connectivity index (χ4v) is 11.1. The number of allylic oxidation sites excluding steroid dienone is 5. The average Bonchev–Trinajstić information content (AvgIpc) is 3.87. The van der Waals surface area contributed by atoms with Crippen molar-refractivity contribution < 1.29 is 0 Å². The molecule has 0 fully saturated rings. The monoisotopic (exact) mass is 818 g/mol. The summed E-state index contributed by atoms with van der Waals surface area (Å²) in [6, 6.07) is 68.1. The van der Waals surface area contributed by atoms with Crippen molar-refractivity contribution in [2.75, 3.05) is 0 Å². The summed E-state index contributed by atoms with van der Waals surface area (Å²) in [4.78, 5) is 0. The Hall–Kier alpha value is -7.68. The Balaban J connectivity index is 0.980. The molecule has 0 N–H and O–H groups in total. The van der Waals surface area contributed by atoms with E-state index >= 15 is 0 Å². The predicted octanol–water partition coefficient (Wildman–Crippen LogP) is 15.9. The van der Waals surface area contributed by atoms with Crippen molar-refractivity contribution in [1.82, 2.24) is 9.13 Å². The van der Waals surface area contributed by atoms with Gasteiger partial charge in [0.05, 0.1) is 16.6 Å². The highest BCUT2D eigenvalue weighted by atomic mass is 15.0. The minimum Gasteiger partial charge on any atom is -0.313 e. The molecule has 0 saturated carbocycles. The van der Waals surface area contributed by atoms with Gasteiger partial charge < -0.3 is 9.13 Å². The number of nitrogens with zero attached hydrogens (tertiary/aromatic N) is 2. The standard InChI is InChI=1S/C62H46N2/c1-5-15-41(16-6-1)43-19-13-21-45(33-43)47-29-31-59-55(35-47)57-37-49-27-28-50-38-58-56-36-48(46-22-14-20-44(34-46)42-17-7-2-8-18-42)30-32-60(56)64(52-25-11-4-12-26-52)62(58)40-54(50)53(49)39-61(57)63(59)51-23-9-3-10-24-51/h1-17,19-26,29,31,33-40,42H,18,27-28,30,32H2. The molecular formula is C62H46N2. The van der Waals surface area contributed by atoms with Crippen LogP contribution in [-0.2, 0) is 19.3 Å². The first-order valence-corrected chi connectivity index (χ1v) is 22.9. The molecule has 0 radical (unpaired) electrons.